The highest BCUT2D eigenvalue weighted by Crippen LogP contribution is 2.29. The fourth-order valence-corrected chi connectivity index (χ4v) is 6.16. The quantitative estimate of drug-likeness (QED) is 0.0313. The van der Waals surface area contributed by atoms with Crippen LogP contribution in [-0.4, -0.2) is 151 Å². The molecule has 21 heteroatoms. The molecule has 1 aliphatic heterocycles. The van der Waals surface area contributed by atoms with Gasteiger partial charge in [-0.2, -0.15) is 11.8 Å². The zero-order valence-electron chi connectivity index (χ0n) is 27.8. The molecule has 0 aromatic rings. The highest BCUT2D eigenvalue weighted by molar-refractivity contribution is 8.00. The third-order valence-corrected chi connectivity index (χ3v) is 8.81. The average molecular weight is 737 g/mol. The number of aliphatic hydroxyl groups is 2. The van der Waals surface area contributed by atoms with Crippen molar-refractivity contribution in [3.8, 4) is 0 Å². The number of carboxylic acid groups (broad SMARTS) is 4. The first-order chi connectivity index (χ1) is 23.5. The maximum atomic E-state index is 13.2. The first-order valence-electron chi connectivity index (χ1n) is 16.0. The Morgan fingerprint density at radius 1 is 0.860 bits per heavy atom. The van der Waals surface area contributed by atoms with Gasteiger partial charge in [0.15, 0.2) is 0 Å². The lowest BCUT2D eigenvalue weighted by atomic mass is 10.1. The summed E-state index contributed by atoms with van der Waals surface area (Å²) in [5.74, 6) is -9.18. The maximum absolute atomic E-state index is 13.2. The molecule has 1 rings (SSSR count). The summed E-state index contributed by atoms with van der Waals surface area (Å²) in [6.07, 6.45) is -4.69. The Balaban J connectivity index is 3.08. The molecule has 20 nitrogen and oxygen atoms in total. The Morgan fingerprint density at radius 3 is 2.04 bits per heavy atom. The number of carboxylic acids is 4. The summed E-state index contributed by atoms with van der Waals surface area (Å²) in [6.45, 7) is 2.51. The van der Waals surface area contributed by atoms with Crippen LogP contribution in [0.1, 0.15) is 64.7 Å². The molecule has 1 aliphatic rings. The molecule has 0 aliphatic carbocycles. The van der Waals surface area contributed by atoms with Crippen molar-refractivity contribution in [3.63, 3.8) is 0 Å². The van der Waals surface area contributed by atoms with Crippen LogP contribution in [0.3, 0.4) is 0 Å². The van der Waals surface area contributed by atoms with Gasteiger partial charge in [-0.3, -0.25) is 38.9 Å². The molecule has 11 N–H and O–H groups in total. The standard InChI is InChI=1S/C29H48N6O14S/c1-3-10-35-21(37)13-19(28(35)47)50-14-18(29(48)49)34-27(46)17(12-24(42)43)33-25(44)15(6-5-9-30-2)32-26(45)16(11-23(40)41)31-20(36)7-4-8-22(38)39/h15-19,25,28,30,33,44,47H,3-14H2,1-2H3,(H,31,36)(H,32,45)(H,34,46)(H,38,39)(H,40,41)(H,42,43)(H,48,49)/t15-,16?,17?,18?,19?,25?,28-/m0/s1. The Hall–Kier alpha value is -4.05. The van der Waals surface area contributed by atoms with E-state index in [4.69, 9.17) is 5.11 Å². The van der Waals surface area contributed by atoms with Gasteiger partial charge in [-0.15, -0.1) is 0 Å². The van der Waals surface area contributed by atoms with Crippen LogP contribution in [0.15, 0.2) is 0 Å². The monoisotopic (exact) mass is 736 g/mol. The van der Waals surface area contributed by atoms with Crippen LogP contribution in [0.5, 0.6) is 0 Å². The van der Waals surface area contributed by atoms with Gasteiger partial charge in [0.25, 0.3) is 0 Å². The summed E-state index contributed by atoms with van der Waals surface area (Å²) in [5, 5.41) is 70.2. The minimum absolute atomic E-state index is 0.000379. The molecule has 4 amide bonds. The molecule has 5 unspecified atom stereocenters. The van der Waals surface area contributed by atoms with Gasteiger partial charge in [0.05, 0.1) is 30.2 Å². The van der Waals surface area contributed by atoms with Gasteiger partial charge in [-0.05, 0) is 39.3 Å². The van der Waals surface area contributed by atoms with Crippen LogP contribution in [-0.2, 0) is 38.4 Å². The Labute approximate surface area is 292 Å². The minimum Gasteiger partial charge on any atom is -0.481 e. The van der Waals surface area contributed by atoms with E-state index in [-0.39, 0.29) is 43.8 Å². The van der Waals surface area contributed by atoms with Crippen LogP contribution < -0.4 is 26.6 Å². The summed E-state index contributed by atoms with van der Waals surface area (Å²) < 4.78 is 0. The number of nitrogens with one attached hydrogen (secondary N) is 5. The van der Waals surface area contributed by atoms with E-state index in [2.05, 4.69) is 26.6 Å². The molecule has 0 saturated carbocycles. The molecule has 0 aromatic carbocycles. The van der Waals surface area contributed by atoms with Crippen LogP contribution in [0.4, 0.5) is 0 Å². The van der Waals surface area contributed by atoms with Crippen LogP contribution in [0, 0.1) is 0 Å². The van der Waals surface area contributed by atoms with Gasteiger partial charge >= 0.3 is 23.9 Å². The largest absolute Gasteiger partial charge is 0.481 e. The van der Waals surface area contributed by atoms with Crippen LogP contribution >= 0.6 is 11.8 Å². The van der Waals surface area contributed by atoms with E-state index >= 15 is 0 Å². The van der Waals surface area contributed by atoms with Crippen molar-refractivity contribution < 1.29 is 69.0 Å². The molecule has 7 atom stereocenters. The molecule has 1 fully saturated rings. The minimum atomic E-state index is -1.84. The number of carbonyl (C=O) groups is 8. The van der Waals surface area contributed by atoms with E-state index in [1.165, 1.54) is 4.90 Å². The average Bonchev–Trinajstić information content (AvgIpc) is 3.28. The topological polar surface area (TPSA) is 321 Å². The third kappa shape index (κ3) is 16.1. The molecular weight excluding hydrogens is 688 g/mol. The fourth-order valence-electron chi connectivity index (χ4n) is 4.92. The van der Waals surface area contributed by atoms with Gasteiger partial charge < -0.3 is 56.8 Å². The zero-order valence-corrected chi connectivity index (χ0v) is 28.6. The predicted molar refractivity (Wildman–Crippen MR) is 174 cm³/mol. The van der Waals surface area contributed by atoms with E-state index in [1.54, 1.807) is 7.05 Å². The second-order valence-corrected chi connectivity index (χ2v) is 12.8. The molecule has 0 aromatic heterocycles. The summed E-state index contributed by atoms with van der Waals surface area (Å²) in [5.41, 5.74) is 0. The van der Waals surface area contributed by atoms with Crippen molar-refractivity contribution in [2.45, 2.75) is 107 Å². The molecule has 50 heavy (non-hydrogen) atoms. The van der Waals surface area contributed by atoms with Crippen molar-refractivity contribution in [2.75, 3.05) is 25.9 Å². The van der Waals surface area contributed by atoms with Crippen molar-refractivity contribution in [2.24, 2.45) is 0 Å². The van der Waals surface area contributed by atoms with Crippen LogP contribution in [0.25, 0.3) is 0 Å². The van der Waals surface area contributed by atoms with Crippen molar-refractivity contribution in [1.82, 2.24) is 31.5 Å². The third-order valence-electron chi connectivity index (χ3n) is 7.45. The van der Waals surface area contributed by atoms with Gasteiger partial charge in [0.1, 0.15) is 24.5 Å². The predicted octanol–water partition coefficient (Wildman–Crippen LogP) is -2.93. The number of aliphatic carboxylic acids is 4. The Morgan fingerprint density at radius 2 is 1.48 bits per heavy atom. The highest BCUT2D eigenvalue weighted by Gasteiger charge is 2.39. The SMILES string of the molecule is CCCN1C(=O)CC(SCC(NC(=O)C(CC(=O)O)NC(O)[C@H](CCCNC)NC(=O)C(CC(=O)O)NC(=O)CCCC(=O)O)C(=O)O)[C@@H]1O. The number of aliphatic hydroxyl groups excluding tert-OH is 2. The highest BCUT2D eigenvalue weighted by atomic mass is 32.2. The Kier molecular flexibility index (Phi) is 19.9. The molecule has 0 radical (unpaired) electrons. The van der Waals surface area contributed by atoms with Gasteiger partial charge in [0, 0.05) is 31.6 Å². The molecule has 1 heterocycles. The normalized spacial score (nSPS) is 18.7. The summed E-state index contributed by atoms with van der Waals surface area (Å²) in [7, 11) is 1.63. The number of likely N-dealkylation sites (tertiary alicyclic amines) is 1. The van der Waals surface area contributed by atoms with Gasteiger partial charge in [0.2, 0.25) is 23.6 Å². The van der Waals surface area contributed by atoms with Gasteiger partial charge in [-0.25, -0.2) is 4.79 Å². The molecule has 0 bridgehead atoms. The number of nitrogens with zero attached hydrogens (tertiary/aromatic N) is 1. The summed E-state index contributed by atoms with van der Waals surface area (Å²) >= 11 is 0.937. The molecule has 284 valence electrons. The number of amides is 4. The maximum Gasteiger partial charge on any atom is 0.327 e. The fraction of sp³-hybridized carbons (Fsp3) is 0.724. The van der Waals surface area contributed by atoms with E-state index in [9.17, 15) is 63.9 Å². The lowest BCUT2D eigenvalue weighted by Gasteiger charge is -2.30. The number of hydrogen-bond acceptors (Lipinski definition) is 13. The lowest BCUT2D eigenvalue weighted by Crippen LogP contribution is -2.60. The number of hydrogen-bond donors (Lipinski definition) is 11. The van der Waals surface area contributed by atoms with Crippen molar-refractivity contribution in [3.05, 3.63) is 0 Å². The summed E-state index contributed by atoms with van der Waals surface area (Å²) in [4.78, 5) is 97.9. The molecular formula is C29H48N6O14S. The molecule has 1 saturated heterocycles. The second-order valence-electron chi connectivity index (χ2n) is 11.6. The summed E-state index contributed by atoms with van der Waals surface area (Å²) in [6, 6.07) is -6.25. The number of thioether (sulfide) groups is 1. The van der Waals surface area contributed by atoms with Crippen LogP contribution in [0.2, 0.25) is 0 Å². The van der Waals surface area contributed by atoms with Crippen molar-refractivity contribution >= 4 is 59.3 Å². The Bertz CT molecular complexity index is 1210. The van der Waals surface area contributed by atoms with E-state index < -0.39 is 96.3 Å². The first-order valence-corrected chi connectivity index (χ1v) is 17.0. The van der Waals surface area contributed by atoms with E-state index in [1.807, 2.05) is 6.92 Å². The number of carbonyl (C=O) groups excluding carboxylic acids is 4. The number of rotatable bonds is 26. The smallest absolute Gasteiger partial charge is 0.327 e. The van der Waals surface area contributed by atoms with E-state index in [0.717, 1.165) is 11.8 Å². The first kappa shape index (κ1) is 44.0. The van der Waals surface area contributed by atoms with Crippen molar-refractivity contribution in [1.29, 1.82) is 0 Å². The van der Waals surface area contributed by atoms with E-state index in [0.29, 0.717) is 25.9 Å². The van der Waals surface area contributed by atoms with Gasteiger partial charge in [-0.1, -0.05) is 6.92 Å². The lowest BCUT2D eigenvalue weighted by molar-refractivity contribution is -0.143. The zero-order chi connectivity index (χ0) is 38.0. The molecule has 0 spiro atoms. The second kappa shape index (κ2) is 22.6.